The van der Waals surface area contributed by atoms with Crippen LogP contribution >= 0.6 is 0 Å². The van der Waals surface area contributed by atoms with E-state index < -0.39 is 11.6 Å². The van der Waals surface area contributed by atoms with Gasteiger partial charge in [0.05, 0.1) is 7.11 Å². The fourth-order valence-corrected chi connectivity index (χ4v) is 3.56. The highest BCUT2D eigenvalue weighted by atomic mass is 19.1. The number of aromatic hydroxyl groups is 1. The molecule has 8 nitrogen and oxygen atoms in total. The number of aromatic amines is 1. The molecule has 2 aromatic heterocycles. The fourth-order valence-electron chi connectivity index (χ4n) is 3.56. The first-order valence-electron chi connectivity index (χ1n) is 10.1. The Labute approximate surface area is 188 Å². The van der Waals surface area contributed by atoms with Crippen LogP contribution in [0.3, 0.4) is 0 Å². The number of rotatable bonds is 7. The third-order valence-corrected chi connectivity index (χ3v) is 5.30. The number of pyridine rings is 1. The van der Waals surface area contributed by atoms with Crippen molar-refractivity contribution in [1.82, 2.24) is 15.1 Å². The van der Waals surface area contributed by atoms with E-state index in [2.05, 4.69) is 19.6 Å². The van der Waals surface area contributed by atoms with Gasteiger partial charge in [0.25, 0.3) is 0 Å². The van der Waals surface area contributed by atoms with Gasteiger partial charge < -0.3 is 14.6 Å². The van der Waals surface area contributed by atoms with Crippen LogP contribution in [0.5, 0.6) is 17.2 Å². The summed E-state index contributed by atoms with van der Waals surface area (Å²) in [6.45, 7) is 3.40. The van der Waals surface area contributed by atoms with Crippen LogP contribution in [0.1, 0.15) is 28.2 Å². The number of aryl methyl sites for hydroxylation is 1. The second kappa shape index (κ2) is 9.15. The first-order chi connectivity index (χ1) is 15.9. The van der Waals surface area contributed by atoms with Crippen molar-refractivity contribution in [3.05, 3.63) is 87.0 Å². The SMILES string of the molecule is COc1cccc(-c2nc(Cc3c(C)cc(OCc4noc(=O)[nH]4)c(F)c3C)ccc2O)c1. The Hall–Kier alpha value is -4.14. The van der Waals surface area contributed by atoms with Crippen LogP contribution in [0, 0.1) is 19.7 Å². The Kier molecular flexibility index (Phi) is 6.12. The summed E-state index contributed by atoms with van der Waals surface area (Å²) in [4.78, 5) is 18.0. The van der Waals surface area contributed by atoms with Gasteiger partial charge in [-0.2, -0.15) is 0 Å². The molecule has 0 unspecified atom stereocenters. The van der Waals surface area contributed by atoms with Crippen molar-refractivity contribution >= 4 is 0 Å². The Morgan fingerprint density at radius 2 is 2.00 bits per heavy atom. The minimum atomic E-state index is -0.702. The van der Waals surface area contributed by atoms with Gasteiger partial charge in [-0.15, -0.1) is 0 Å². The van der Waals surface area contributed by atoms with E-state index in [-0.39, 0.29) is 23.9 Å². The highest BCUT2D eigenvalue weighted by Crippen LogP contribution is 2.32. The van der Waals surface area contributed by atoms with Crippen LogP contribution in [0.25, 0.3) is 11.3 Å². The Balaban J connectivity index is 1.61. The molecule has 0 saturated heterocycles. The fraction of sp³-hybridized carbons (Fsp3) is 0.208. The summed E-state index contributed by atoms with van der Waals surface area (Å²) in [6, 6.07) is 12.1. The molecule has 0 aliphatic rings. The van der Waals surface area contributed by atoms with Crippen molar-refractivity contribution in [2.45, 2.75) is 26.9 Å². The Morgan fingerprint density at radius 1 is 1.18 bits per heavy atom. The summed E-state index contributed by atoms with van der Waals surface area (Å²) in [5.41, 5.74) is 3.81. The predicted octanol–water partition coefficient (Wildman–Crippen LogP) is 4.06. The third-order valence-electron chi connectivity index (χ3n) is 5.30. The van der Waals surface area contributed by atoms with Crippen LogP contribution in [0.2, 0.25) is 0 Å². The molecule has 0 spiro atoms. The number of methoxy groups -OCH3 is 1. The van der Waals surface area contributed by atoms with E-state index in [1.807, 2.05) is 25.1 Å². The molecule has 2 N–H and O–H groups in total. The molecular weight excluding hydrogens is 429 g/mol. The number of benzene rings is 2. The van der Waals surface area contributed by atoms with Crippen molar-refractivity contribution < 1.29 is 23.5 Å². The normalized spacial score (nSPS) is 10.9. The van der Waals surface area contributed by atoms with Gasteiger partial charge in [0, 0.05) is 17.7 Å². The third kappa shape index (κ3) is 4.72. The standard InChI is InChI=1S/C24H22FN3O5/c1-13-9-20(32-12-21-27-24(30)33-28-21)22(25)14(2)18(13)11-16-7-8-19(29)23(26-16)15-5-4-6-17(10-15)31-3/h4-10,29H,11-12H2,1-3H3,(H,27,28,30). The number of H-pyrrole nitrogens is 1. The van der Waals surface area contributed by atoms with Gasteiger partial charge in [0.2, 0.25) is 0 Å². The van der Waals surface area contributed by atoms with Crippen molar-refractivity contribution in [2.24, 2.45) is 0 Å². The number of aromatic nitrogens is 3. The molecule has 0 radical (unpaired) electrons. The van der Waals surface area contributed by atoms with Crippen LogP contribution in [0.15, 0.2) is 51.8 Å². The highest BCUT2D eigenvalue weighted by molar-refractivity contribution is 5.67. The van der Waals surface area contributed by atoms with Crippen LogP contribution < -0.4 is 15.2 Å². The second-order valence-corrected chi connectivity index (χ2v) is 7.52. The van der Waals surface area contributed by atoms with Gasteiger partial charge in [-0.05, 0) is 60.9 Å². The van der Waals surface area contributed by atoms with Gasteiger partial charge in [-0.3, -0.25) is 9.51 Å². The molecule has 0 amide bonds. The number of hydrogen-bond acceptors (Lipinski definition) is 7. The molecule has 0 atom stereocenters. The maximum Gasteiger partial charge on any atom is 0.439 e. The van der Waals surface area contributed by atoms with Gasteiger partial charge in [0.1, 0.15) is 23.8 Å². The van der Waals surface area contributed by atoms with Gasteiger partial charge in [0.15, 0.2) is 17.4 Å². The lowest BCUT2D eigenvalue weighted by atomic mass is 9.97. The first-order valence-corrected chi connectivity index (χ1v) is 10.1. The monoisotopic (exact) mass is 451 g/mol. The topological polar surface area (TPSA) is 110 Å². The van der Waals surface area contributed by atoms with Crippen LogP contribution in [-0.4, -0.2) is 27.3 Å². The number of halogens is 1. The number of nitrogens with one attached hydrogen (secondary N) is 1. The largest absolute Gasteiger partial charge is 0.506 e. The zero-order valence-electron chi connectivity index (χ0n) is 18.3. The van der Waals surface area contributed by atoms with Crippen molar-refractivity contribution in [1.29, 1.82) is 0 Å². The van der Waals surface area contributed by atoms with Crippen LogP contribution in [-0.2, 0) is 13.0 Å². The molecule has 2 aromatic carbocycles. The minimum Gasteiger partial charge on any atom is -0.506 e. The second-order valence-electron chi connectivity index (χ2n) is 7.52. The molecule has 9 heteroatoms. The number of hydrogen-bond donors (Lipinski definition) is 2. The Morgan fingerprint density at radius 3 is 2.73 bits per heavy atom. The van der Waals surface area contributed by atoms with E-state index >= 15 is 4.39 Å². The lowest BCUT2D eigenvalue weighted by Gasteiger charge is -2.15. The summed E-state index contributed by atoms with van der Waals surface area (Å²) in [6.07, 6.45) is 0.364. The molecule has 170 valence electrons. The molecule has 33 heavy (non-hydrogen) atoms. The molecule has 0 saturated carbocycles. The molecule has 2 heterocycles. The highest BCUT2D eigenvalue weighted by Gasteiger charge is 2.17. The van der Waals surface area contributed by atoms with Crippen molar-refractivity contribution in [2.75, 3.05) is 7.11 Å². The van der Waals surface area contributed by atoms with E-state index in [0.717, 1.165) is 11.1 Å². The molecule has 0 fully saturated rings. The summed E-state index contributed by atoms with van der Waals surface area (Å²) in [7, 11) is 1.57. The van der Waals surface area contributed by atoms with Gasteiger partial charge >= 0.3 is 5.76 Å². The zero-order chi connectivity index (χ0) is 23.5. The maximum atomic E-state index is 15.0. The summed E-state index contributed by atoms with van der Waals surface area (Å²) < 4.78 is 30.2. The smallest absolute Gasteiger partial charge is 0.439 e. The molecule has 0 aliphatic heterocycles. The molecular formula is C24H22FN3O5. The number of ether oxygens (including phenoxy) is 2. The predicted molar refractivity (Wildman–Crippen MR) is 118 cm³/mol. The quantitative estimate of drug-likeness (QED) is 0.436. The van der Waals surface area contributed by atoms with E-state index in [4.69, 9.17) is 9.47 Å². The lowest BCUT2D eigenvalue weighted by Crippen LogP contribution is -2.06. The average Bonchev–Trinajstić information content (AvgIpc) is 3.24. The molecule has 4 aromatic rings. The van der Waals surface area contributed by atoms with Crippen LogP contribution in [0.4, 0.5) is 4.39 Å². The van der Waals surface area contributed by atoms with E-state index in [1.165, 1.54) is 0 Å². The van der Waals surface area contributed by atoms with E-state index in [9.17, 15) is 9.90 Å². The van der Waals surface area contributed by atoms with E-state index in [1.54, 1.807) is 38.3 Å². The summed E-state index contributed by atoms with van der Waals surface area (Å²) >= 11 is 0. The van der Waals surface area contributed by atoms with Gasteiger partial charge in [-0.25, -0.2) is 14.2 Å². The van der Waals surface area contributed by atoms with Crippen molar-refractivity contribution in [3.63, 3.8) is 0 Å². The average molecular weight is 451 g/mol. The zero-order valence-corrected chi connectivity index (χ0v) is 18.3. The molecule has 0 aliphatic carbocycles. The maximum absolute atomic E-state index is 15.0. The minimum absolute atomic E-state index is 0.0428. The summed E-state index contributed by atoms with van der Waals surface area (Å²) in [5, 5.41) is 13.9. The first kappa shape index (κ1) is 22.1. The summed E-state index contributed by atoms with van der Waals surface area (Å²) in [5.74, 6) is -0.301. The molecule has 4 rings (SSSR count). The molecule has 0 bridgehead atoms. The van der Waals surface area contributed by atoms with Crippen molar-refractivity contribution in [3.8, 4) is 28.5 Å². The number of nitrogens with zero attached hydrogens (tertiary/aromatic N) is 2. The lowest BCUT2D eigenvalue weighted by molar-refractivity contribution is 0.271. The van der Waals surface area contributed by atoms with E-state index in [0.29, 0.717) is 34.7 Å². The van der Waals surface area contributed by atoms with Gasteiger partial charge in [-0.1, -0.05) is 17.3 Å². The Bertz CT molecular complexity index is 1360.